The Labute approximate surface area is 209 Å². The summed E-state index contributed by atoms with van der Waals surface area (Å²) in [5, 5.41) is 7.20. The van der Waals surface area contributed by atoms with E-state index in [1.54, 1.807) is 28.0 Å². The predicted octanol–water partition coefficient (Wildman–Crippen LogP) is 3.68. The van der Waals surface area contributed by atoms with E-state index in [2.05, 4.69) is 15.4 Å². The van der Waals surface area contributed by atoms with Gasteiger partial charge in [0, 0.05) is 55.3 Å². The van der Waals surface area contributed by atoms with Gasteiger partial charge in [0.15, 0.2) is 0 Å². The molecule has 1 aliphatic rings. The van der Waals surface area contributed by atoms with Crippen LogP contribution in [-0.2, 0) is 7.05 Å². The van der Waals surface area contributed by atoms with Gasteiger partial charge in [-0.15, -0.1) is 0 Å². The van der Waals surface area contributed by atoms with E-state index in [-0.39, 0.29) is 23.7 Å². The maximum absolute atomic E-state index is 13.3. The number of nitrogens with two attached hydrogens (primary N) is 1. The molecule has 0 spiro atoms. The van der Waals surface area contributed by atoms with Gasteiger partial charge in [-0.1, -0.05) is 36.4 Å². The summed E-state index contributed by atoms with van der Waals surface area (Å²) >= 11 is 0. The minimum Gasteiger partial charge on any atom is -0.383 e. The Hall–Kier alpha value is -4.46. The molecule has 0 radical (unpaired) electrons. The molecule has 1 fully saturated rings. The second kappa shape index (κ2) is 9.65. The second-order valence-electron chi connectivity index (χ2n) is 9.17. The smallest absolute Gasteiger partial charge is 0.255 e. The highest BCUT2D eigenvalue weighted by Gasteiger charge is 2.29. The van der Waals surface area contributed by atoms with Crippen LogP contribution >= 0.6 is 0 Å². The molecule has 0 aliphatic carbocycles. The maximum atomic E-state index is 13.3. The maximum Gasteiger partial charge on any atom is 0.255 e. The molecular formula is C28H28N6O2. The number of aryl methyl sites for hydroxylation is 2. The minimum absolute atomic E-state index is 0.0383. The quantitative estimate of drug-likeness (QED) is 0.453. The number of likely N-dealkylation sites (tertiary alicyclic amines) is 1. The molecule has 1 atom stereocenters. The van der Waals surface area contributed by atoms with Crippen LogP contribution in [0.25, 0.3) is 22.3 Å². The van der Waals surface area contributed by atoms with E-state index < -0.39 is 0 Å². The van der Waals surface area contributed by atoms with Crippen molar-refractivity contribution in [2.75, 3.05) is 18.8 Å². The molecule has 1 saturated heterocycles. The van der Waals surface area contributed by atoms with Gasteiger partial charge in [0.25, 0.3) is 11.8 Å². The van der Waals surface area contributed by atoms with Crippen molar-refractivity contribution in [2.24, 2.45) is 7.05 Å². The molecule has 4 aromatic rings. The number of hydrogen-bond donors (Lipinski definition) is 2. The van der Waals surface area contributed by atoms with Crippen molar-refractivity contribution in [3.8, 4) is 22.3 Å². The number of anilines is 1. The molecule has 2 aromatic heterocycles. The number of pyridine rings is 1. The first-order valence-electron chi connectivity index (χ1n) is 11.9. The standard InChI is InChI=1S/C28H28N6O2/c1-18-8-9-20(12-24(18)19-6-4-3-5-7-19)28(36)34-11-10-23(17-34)32-27(35)25-13-21(14-30-26(25)29)22-15-31-33(2)16-22/h3-9,12-16,23H,10-11,17H2,1-2H3,(H2,29,30)(H,32,35)/t23-/m1/s1. The summed E-state index contributed by atoms with van der Waals surface area (Å²) < 4.78 is 1.69. The molecule has 2 aromatic carbocycles. The Balaban J connectivity index is 1.27. The zero-order valence-electron chi connectivity index (χ0n) is 20.3. The van der Waals surface area contributed by atoms with Gasteiger partial charge in [0.05, 0.1) is 11.8 Å². The highest BCUT2D eigenvalue weighted by molar-refractivity contribution is 6.00. The first-order chi connectivity index (χ1) is 17.4. The molecule has 0 saturated carbocycles. The number of carbonyl (C=O) groups excluding carboxylic acids is 2. The van der Waals surface area contributed by atoms with Crippen LogP contribution < -0.4 is 11.1 Å². The van der Waals surface area contributed by atoms with Crippen LogP contribution in [-0.4, -0.2) is 50.6 Å². The Morgan fingerprint density at radius 1 is 1.03 bits per heavy atom. The van der Waals surface area contributed by atoms with Crippen LogP contribution in [0.4, 0.5) is 5.82 Å². The summed E-state index contributed by atoms with van der Waals surface area (Å²) in [6.45, 7) is 3.05. The lowest BCUT2D eigenvalue weighted by atomic mass is 9.98. The van der Waals surface area contributed by atoms with Crippen LogP contribution in [0.1, 0.15) is 32.7 Å². The number of nitrogens with zero attached hydrogens (tertiary/aromatic N) is 4. The van der Waals surface area contributed by atoms with Gasteiger partial charge in [-0.3, -0.25) is 14.3 Å². The van der Waals surface area contributed by atoms with Gasteiger partial charge in [-0.2, -0.15) is 5.10 Å². The number of nitrogen functional groups attached to an aromatic ring is 1. The van der Waals surface area contributed by atoms with Crippen LogP contribution in [0.3, 0.4) is 0 Å². The second-order valence-corrected chi connectivity index (χ2v) is 9.17. The summed E-state index contributed by atoms with van der Waals surface area (Å²) in [5.41, 5.74) is 11.8. The van der Waals surface area contributed by atoms with E-state index in [4.69, 9.17) is 5.73 Å². The minimum atomic E-state index is -0.299. The van der Waals surface area contributed by atoms with E-state index >= 15 is 0 Å². The molecule has 0 bridgehead atoms. The van der Waals surface area contributed by atoms with Gasteiger partial charge in [-0.05, 0) is 48.2 Å². The molecule has 3 heterocycles. The van der Waals surface area contributed by atoms with Crippen molar-refractivity contribution in [2.45, 2.75) is 19.4 Å². The summed E-state index contributed by atoms with van der Waals surface area (Å²) in [6, 6.07) is 17.4. The predicted molar refractivity (Wildman–Crippen MR) is 139 cm³/mol. The Kier molecular flexibility index (Phi) is 6.25. The fourth-order valence-corrected chi connectivity index (χ4v) is 4.58. The van der Waals surface area contributed by atoms with Gasteiger partial charge in [0.1, 0.15) is 5.82 Å². The van der Waals surface area contributed by atoms with E-state index in [0.29, 0.717) is 30.6 Å². The van der Waals surface area contributed by atoms with Crippen molar-refractivity contribution in [1.82, 2.24) is 25.0 Å². The van der Waals surface area contributed by atoms with Crippen molar-refractivity contribution < 1.29 is 9.59 Å². The van der Waals surface area contributed by atoms with E-state index in [9.17, 15) is 9.59 Å². The van der Waals surface area contributed by atoms with Gasteiger partial charge < -0.3 is 16.0 Å². The first kappa shape index (κ1) is 23.3. The third-order valence-corrected chi connectivity index (χ3v) is 6.58. The molecule has 8 nitrogen and oxygen atoms in total. The van der Waals surface area contributed by atoms with E-state index in [1.165, 1.54) is 0 Å². The molecule has 3 N–H and O–H groups in total. The third-order valence-electron chi connectivity index (χ3n) is 6.58. The summed E-state index contributed by atoms with van der Waals surface area (Å²) in [6.07, 6.45) is 5.86. The Morgan fingerprint density at radius 2 is 1.83 bits per heavy atom. The molecule has 182 valence electrons. The zero-order valence-corrected chi connectivity index (χ0v) is 20.3. The number of hydrogen-bond acceptors (Lipinski definition) is 5. The Bertz CT molecular complexity index is 1430. The summed E-state index contributed by atoms with van der Waals surface area (Å²) in [5.74, 6) is -0.172. The normalized spacial score (nSPS) is 15.2. The zero-order chi connectivity index (χ0) is 25.2. The lowest BCUT2D eigenvalue weighted by Crippen LogP contribution is -2.38. The van der Waals surface area contributed by atoms with E-state index in [0.717, 1.165) is 27.8 Å². The summed E-state index contributed by atoms with van der Waals surface area (Å²) in [7, 11) is 1.83. The topological polar surface area (TPSA) is 106 Å². The van der Waals surface area contributed by atoms with Crippen molar-refractivity contribution in [3.63, 3.8) is 0 Å². The van der Waals surface area contributed by atoms with E-state index in [1.807, 2.05) is 68.7 Å². The van der Waals surface area contributed by atoms with Crippen LogP contribution in [0.5, 0.6) is 0 Å². The Morgan fingerprint density at radius 3 is 2.58 bits per heavy atom. The number of amides is 2. The summed E-state index contributed by atoms with van der Waals surface area (Å²) in [4.78, 5) is 32.3. The van der Waals surface area contributed by atoms with Crippen LogP contribution in [0.2, 0.25) is 0 Å². The molecule has 0 unspecified atom stereocenters. The first-order valence-corrected chi connectivity index (χ1v) is 11.9. The van der Waals surface area contributed by atoms with Crippen LogP contribution in [0.15, 0.2) is 73.2 Å². The van der Waals surface area contributed by atoms with Gasteiger partial charge >= 0.3 is 0 Å². The molecule has 36 heavy (non-hydrogen) atoms. The average molecular weight is 481 g/mol. The molecular weight excluding hydrogens is 452 g/mol. The SMILES string of the molecule is Cc1ccc(C(=O)N2CC[C@@H](NC(=O)c3cc(-c4cnn(C)c4)cnc3N)C2)cc1-c1ccccc1. The van der Waals surface area contributed by atoms with Crippen molar-refractivity contribution in [3.05, 3.63) is 89.9 Å². The average Bonchev–Trinajstić information content (AvgIpc) is 3.54. The van der Waals surface area contributed by atoms with Gasteiger partial charge in [-0.25, -0.2) is 4.98 Å². The number of aromatic nitrogens is 3. The highest BCUT2D eigenvalue weighted by atomic mass is 16.2. The molecule has 8 heteroatoms. The monoisotopic (exact) mass is 480 g/mol. The van der Waals surface area contributed by atoms with Crippen molar-refractivity contribution >= 4 is 17.6 Å². The van der Waals surface area contributed by atoms with Crippen molar-refractivity contribution in [1.29, 1.82) is 0 Å². The number of rotatable bonds is 5. The largest absolute Gasteiger partial charge is 0.383 e. The molecule has 2 amide bonds. The fourth-order valence-electron chi connectivity index (χ4n) is 4.58. The van der Waals surface area contributed by atoms with Crippen LogP contribution in [0, 0.1) is 6.92 Å². The number of nitrogens with one attached hydrogen (secondary N) is 1. The highest BCUT2D eigenvalue weighted by Crippen LogP contribution is 2.26. The third kappa shape index (κ3) is 4.70. The lowest BCUT2D eigenvalue weighted by molar-refractivity contribution is 0.0783. The van der Waals surface area contributed by atoms with Gasteiger partial charge in [0.2, 0.25) is 0 Å². The fraction of sp³-hybridized carbons (Fsp3) is 0.214. The number of carbonyl (C=O) groups is 2. The molecule has 1 aliphatic heterocycles. The number of benzene rings is 2. The lowest BCUT2D eigenvalue weighted by Gasteiger charge is -2.18. The molecule has 5 rings (SSSR count).